The number of likely N-dealkylation sites (tertiary alicyclic amines) is 1. The molecule has 4 aromatic rings. The van der Waals surface area contributed by atoms with Gasteiger partial charge in [0.25, 0.3) is 5.91 Å². The minimum Gasteiger partial charge on any atom is -0.496 e. The van der Waals surface area contributed by atoms with Gasteiger partial charge in [-0.3, -0.25) is 19.1 Å². The van der Waals surface area contributed by atoms with E-state index in [1.807, 2.05) is 26.2 Å². The molecular formula is C44H48F4N6O7S2. The number of thiazole rings is 1. The first kappa shape index (κ1) is 45.5. The smallest absolute Gasteiger partial charge is 0.416 e. The summed E-state index contributed by atoms with van der Waals surface area (Å²) in [7, 11) is -2.57. The number of anilines is 1. The first-order valence-corrected chi connectivity index (χ1v) is 22.6. The predicted molar refractivity (Wildman–Crippen MR) is 230 cm³/mol. The van der Waals surface area contributed by atoms with Crippen LogP contribution in [0.5, 0.6) is 11.5 Å². The molecule has 2 aromatic heterocycles. The fourth-order valence-electron chi connectivity index (χ4n) is 7.71. The van der Waals surface area contributed by atoms with Gasteiger partial charge in [0.2, 0.25) is 21.8 Å². The molecule has 336 valence electrons. The van der Waals surface area contributed by atoms with E-state index in [0.29, 0.717) is 63.6 Å². The summed E-state index contributed by atoms with van der Waals surface area (Å²) in [5.41, 5.74) is -0.601. The maximum atomic E-state index is 14.7. The average molecular weight is 913 g/mol. The van der Waals surface area contributed by atoms with E-state index in [1.165, 1.54) is 43.3 Å². The molecule has 0 radical (unpaired) electrons. The molecule has 0 bridgehead atoms. The molecule has 2 saturated carbocycles. The lowest BCUT2D eigenvalue weighted by molar-refractivity contribution is -0.139. The Hall–Kier alpha value is -5.56. The van der Waals surface area contributed by atoms with E-state index in [0.717, 1.165) is 11.8 Å². The minimum absolute atomic E-state index is 0.0296. The molecule has 0 unspecified atom stereocenters. The molecule has 3 fully saturated rings. The van der Waals surface area contributed by atoms with Crippen molar-refractivity contribution < 1.29 is 49.8 Å². The van der Waals surface area contributed by atoms with Crippen LogP contribution in [0.25, 0.3) is 21.6 Å². The fourth-order valence-corrected chi connectivity index (χ4v) is 9.97. The fraction of sp³-hybridized carbons (Fsp3) is 0.432. The maximum absolute atomic E-state index is 14.7. The quantitative estimate of drug-likeness (QED) is 0.0807. The number of aromatic nitrogens is 2. The van der Waals surface area contributed by atoms with Gasteiger partial charge in [-0.05, 0) is 81.9 Å². The van der Waals surface area contributed by atoms with Gasteiger partial charge in [-0.1, -0.05) is 26.5 Å². The number of rotatable bonds is 15. The number of sulfonamides is 1. The lowest BCUT2D eigenvalue weighted by Crippen LogP contribution is -2.58. The van der Waals surface area contributed by atoms with Crippen LogP contribution in [0.2, 0.25) is 0 Å². The van der Waals surface area contributed by atoms with Gasteiger partial charge in [0.05, 0.1) is 35.2 Å². The molecule has 13 nitrogen and oxygen atoms in total. The number of nitrogens with zero attached hydrogens (tertiary/aromatic N) is 3. The molecule has 2 aromatic carbocycles. The number of carbonyl (C=O) groups is 3. The third kappa shape index (κ3) is 8.86. The zero-order valence-corrected chi connectivity index (χ0v) is 37.1. The number of halogens is 4. The Balaban J connectivity index is 1.25. The second-order valence-electron chi connectivity index (χ2n) is 17.1. The number of benzene rings is 2. The molecule has 0 spiro atoms. The van der Waals surface area contributed by atoms with Crippen LogP contribution in [0, 0.1) is 18.7 Å². The van der Waals surface area contributed by atoms with Crippen LogP contribution in [-0.4, -0.2) is 83.1 Å². The van der Waals surface area contributed by atoms with Gasteiger partial charge in [-0.25, -0.2) is 22.8 Å². The molecule has 7 rings (SSSR count). The van der Waals surface area contributed by atoms with E-state index in [-0.39, 0.29) is 36.6 Å². The second kappa shape index (κ2) is 16.5. The molecule has 2 aliphatic carbocycles. The Kier molecular flexibility index (Phi) is 11.9. The number of hydrogen-bond acceptors (Lipinski definition) is 11. The molecule has 5 atom stereocenters. The number of aryl methyl sites for hydroxylation is 1. The van der Waals surface area contributed by atoms with Crippen molar-refractivity contribution in [2.75, 3.05) is 19.0 Å². The topological polar surface area (TPSA) is 169 Å². The van der Waals surface area contributed by atoms with Crippen LogP contribution in [0.4, 0.5) is 23.2 Å². The van der Waals surface area contributed by atoms with Crippen LogP contribution < -0.4 is 24.8 Å². The summed E-state index contributed by atoms with van der Waals surface area (Å²) in [5, 5.41) is 8.56. The summed E-state index contributed by atoms with van der Waals surface area (Å²) in [6, 6.07) is 4.20. The first-order chi connectivity index (χ1) is 29.5. The zero-order chi connectivity index (χ0) is 46.0. The summed E-state index contributed by atoms with van der Waals surface area (Å²) in [4.78, 5) is 53.9. The lowest BCUT2D eigenvalue weighted by Gasteiger charge is -2.30. The van der Waals surface area contributed by atoms with Gasteiger partial charge < -0.3 is 25.0 Å². The lowest BCUT2D eigenvalue weighted by atomic mass is 10.1. The van der Waals surface area contributed by atoms with Crippen molar-refractivity contribution in [1.82, 2.24) is 24.9 Å². The van der Waals surface area contributed by atoms with Crippen LogP contribution >= 0.6 is 11.3 Å². The highest BCUT2D eigenvalue weighted by Gasteiger charge is 2.63. The molecule has 1 saturated heterocycles. The number of hydrogen-bond donors (Lipinski definition) is 3. The maximum Gasteiger partial charge on any atom is 0.416 e. The first-order valence-electron chi connectivity index (χ1n) is 20.2. The van der Waals surface area contributed by atoms with E-state index in [9.17, 15) is 40.4 Å². The Morgan fingerprint density at radius 3 is 2.40 bits per heavy atom. The number of carbonyl (C=O) groups excluding carboxylic acids is 3. The molecule has 3 aliphatic rings. The van der Waals surface area contributed by atoms with Gasteiger partial charge in [-0.15, -0.1) is 17.9 Å². The molecule has 3 amide bonds. The van der Waals surface area contributed by atoms with Crippen LogP contribution in [0.15, 0.2) is 66.6 Å². The number of amides is 3. The normalized spacial score (nSPS) is 22.0. The van der Waals surface area contributed by atoms with E-state index < -0.39 is 79.7 Å². The second-order valence-corrected chi connectivity index (χ2v) is 20.1. The van der Waals surface area contributed by atoms with E-state index in [4.69, 9.17) is 19.4 Å². The standard InChI is InChI=1S/C44H48F4N6O7S2/c1-9-25-19-43(25,41(57)53-63(58,59)42(7)12-13-42)52-38(55)33-17-29(20-54(33)40(56)36(23(4)5)49-28-15-26(44(46,47)48)14-27(45)16-28)61-35-18-31(39-51-32(21-62-39)22(2)3)50-37-24(6)34(60-8)11-10-30(35)37/h9-11,14-16,18,21-22,25,29,33,36,49H,1,4,12-13,17,19-20H2,2-3,5-8H3,(H,52,55)(H,53,57)/t25-,29-,33+,36+,43-/m1/s1. The number of pyridine rings is 1. The van der Waals surface area contributed by atoms with Crippen molar-refractivity contribution in [1.29, 1.82) is 0 Å². The molecule has 63 heavy (non-hydrogen) atoms. The van der Waals surface area contributed by atoms with Crippen LogP contribution in [-0.2, 0) is 30.6 Å². The Morgan fingerprint density at radius 2 is 1.81 bits per heavy atom. The Bertz CT molecular complexity index is 2650. The highest BCUT2D eigenvalue weighted by Crippen LogP contribution is 2.47. The summed E-state index contributed by atoms with van der Waals surface area (Å²) in [6.45, 7) is 16.2. The van der Waals surface area contributed by atoms with Gasteiger partial charge >= 0.3 is 6.18 Å². The SMILES string of the molecule is C=C[C@@H]1C[C@]1(NC(=O)[C@@H]1C[C@@H](Oc2cc(-c3nc(C(C)C)cs3)nc3c(C)c(OC)ccc23)CN1C(=O)[C@@H](Nc1cc(F)cc(C(F)(F)F)c1)C(=C)C)C(=O)NS(=O)(=O)C1(C)CC1. The van der Waals surface area contributed by atoms with Gasteiger partial charge in [0.15, 0.2) is 0 Å². The van der Waals surface area contributed by atoms with Crippen LogP contribution in [0.1, 0.15) is 76.1 Å². The largest absolute Gasteiger partial charge is 0.496 e. The number of fused-ring (bicyclic) bond motifs is 1. The third-order valence-electron chi connectivity index (χ3n) is 12.0. The van der Waals surface area contributed by atoms with Gasteiger partial charge in [-0.2, -0.15) is 13.2 Å². The molecule has 1 aliphatic heterocycles. The number of alkyl halides is 3. The highest BCUT2D eigenvalue weighted by atomic mass is 32.2. The van der Waals surface area contributed by atoms with Gasteiger partial charge in [0.1, 0.15) is 51.7 Å². The number of methoxy groups -OCH3 is 1. The Labute approximate surface area is 366 Å². The number of nitrogens with one attached hydrogen (secondary N) is 3. The molecule has 3 heterocycles. The summed E-state index contributed by atoms with van der Waals surface area (Å²) < 4.78 is 95.2. The predicted octanol–water partition coefficient (Wildman–Crippen LogP) is 7.42. The average Bonchev–Trinajstić information content (AvgIpc) is 4.00. The minimum atomic E-state index is -4.90. The van der Waals surface area contributed by atoms with Crippen molar-refractivity contribution in [3.63, 3.8) is 0 Å². The Morgan fingerprint density at radius 1 is 1.10 bits per heavy atom. The summed E-state index contributed by atoms with van der Waals surface area (Å²) in [6.07, 6.45) is -3.77. The van der Waals surface area contributed by atoms with Crippen molar-refractivity contribution >= 4 is 55.7 Å². The molecule has 19 heteroatoms. The monoisotopic (exact) mass is 912 g/mol. The summed E-state index contributed by atoms with van der Waals surface area (Å²) >= 11 is 1.40. The van der Waals surface area contributed by atoms with Crippen LogP contribution in [0.3, 0.4) is 0 Å². The van der Waals surface area contributed by atoms with Gasteiger partial charge in [0, 0.05) is 40.4 Å². The molecule has 3 N–H and O–H groups in total. The van der Waals surface area contributed by atoms with Crippen molar-refractivity contribution in [2.45, 2.75) is 101 Å². The van der Waals surface area contributed by atoms with E-state index in [1.54, 1.807) is 18.2 Å². The van der Waals surface area contributed by atoms with E-state index >= 15 is 0 Å². The van der Waals surface area contributed by atoms with Crippen molar-refractivity contribution in [3.05, 3.63) is 89.2 Å². The zero-order valence-electron chi connectivity index (χ0n) is 35.5. The van der Waals surface area contributed by atoms with Crippen molar-refractivity contribution in [2.24, 2.45) is 5.92 Å². The highest BCUT2D eigenvalue weighted by molar-refractivity contribution is 7.91. The van der Waals surface area contributed by atoms with Crippen molar-refractivity contribution in [3.8, 4) is 22.2 Å². The third-order valence-corrected chi connectivity index (χ3v) is 15.0. The van der Waals surface area contributed by atoms with E-state index in [2.05, 4.69) is 28.5 Å². The summed E-state index contributed by atoms with van der Waals surface area (Å²) in [5.74, 6) is -3.36. The number of ether oxygens (including phenoxy) is 2. The molecular weight excluding hydrogens is 865 g/mol.